The molecule has 0 saturated heterocycles. The topological polar surface area (TPSA) is 56.7 Å². The van der Waals surface area contributed by atoms with E-state index in [2.05, 4.69) is 56.1 Å². The highest BCUT2D eigenvalue weighted by atomic mass is 32.2. The van der Waals surface area contributed by atoms with Gasteiger partial charge in [0, 0.05) is 5.75 Å². The summed E-state index contributed by atoms with van der Waals surface area (Å²) in [5.41, 5.74) is 3.29. The summed E-state index contributed by atoms with van der Waals surface area (Å²) in [7, 11) is 0. The van der Waals surface area contributed by atoms with E-state index in [4.69, 9.17) is 4.42 Å². The lowest BCUT2D eigenvalue weighted by atomic mass is 10.2. The van der Waals surface area contributed by atoms with Crippen LogP contribution in [0.25, 0.3) is 11.6 Å². The first-order valence-corrected chi connectivity index (χ1v) is 8.91. The monoisotopic (exact) mass is 348 g/mol. The van der Waals surface area contributed by atoms with E-state index in [1.807, 2.05) is 24.3 Å². The molecule has 0 saturated carbocycles. The van der Waals surface area contributed by atoms with E-state index in [0.717, 1.165) is 16.6 Å². The van der Waals surface area contributed by atoms with Gasteiger partial charge in [-0.2, -0.15) is 0 Å². The number of hydrogen-bond acceptors (Lipinski definition) is 5. The summed E-state index contributed by atoms with van der Waals surface area (Å²) in [5.74, 6) is 1.34. The Morgan fingerprint density at radius 1 is 0.920 bits per heavy atom. The molecule has 6 heteroatoms. The van der Waals surface area contributed by atoms with Gasteiger partial charge in [0.2, 0.25) is 6.39 Å². The summed E-state index contributed by atoms with van der Waals surface area (Å²) in [6.45, 7) is 0.704. The van der Waals surface area contributed by atoms with Crippen LogP contribution >= 0.6 is 11.8 Å². The van der Waals surface area contributed by atoms with Crippen LogP contribution in [0.15, 0.2) is 82.8 Å². The number of imidazole rings is 1. The van der Waals surface area contributed by atoms with Gasteiger partial charge in [0.15, 0.2) is 5.16 Å². The molecule has 4 aromatic rings. The van der Waals surface area contributed by atoms with Gasteiger partial charge in [-0.1, -0.05) is 72.4 Å². The molecule has 2 aromatic carbocycles. The van der Waals surface area contributed by atoms with E-state index in [0.29, 0.717) is 12.4 Å². The summed E-state index contributed by atoms with van der Waals surface area (Å²) >= 11 is 1.70. The Balaban J connectivity index is 1.64. The Hall–Kier alpha value is -2.86. The minimum atomic E-state index is 0.481. The summed E-state index contributed by atoms with van der Waals surface area (Å²) < 4.78 is 7.50. The van der Waals surface area contributed by atoms with Crippen molar-refractivity contribution in [3.05, 3.63) is 84.4 Å². The van der Waals surface area contributed by atoms with Gasteiger partial charge < -0.3 is 8.98 Å². The fourth-order valence-corrected chi connectivity index (χ4v) is 3.50. The highest BCUT2D eigenvalue weighted by Crippen LogP contribution is 2.28. The van der Waals surface area contributed by atoms with E-state index in [1.165, 1.54) is 17.5 Å². The Kier molecular flexibility index (Phi) is 4.61. The zero-order valence-electron chi connectivity index (χ0n) is 13.4. The van der Waals surface area contributed by atoms with Gasteiger partial charge in [-0.15, -0.1) is 10.2 Å². The van der Waals surface area contributed by atoms with Crippen LogP contribution in [0.3, 0.4) is 0 Å². The first kappa shape index (κ1) is 15.7. The standard InChI is InChI=1S/C19H16N4OS/c1-3-7-15(8-4-1)12-23-17(18-22-21-14-24-18)11-20-19(23)25-13-16-9-5-2-6-10-16/h1-11,14H,12-13H2. The van der Waals surface area contributed by atoms with Crippen LogP contribution in [-0.4, -0.2) is 19.7 Å². The molecule has 0 N–H and O–H groups in total. The highest BCUT2D eigenvalue weighted by Gasteiger charge is 2.16. The van der Waals surface area contributed by atoms with Gasteiger partial charge in [-0.3, -0.25) is 0 Å². The Bertz CT molecular complexity index is 921. The van der Waals surface area contributed by atoms with Gasteiger partial charge in [0.05, 0.1) is 12.7 Å². The Labute approximate surface area is 149 Å². The SMILES string of the molecule is c1ccc(CSc2ncc(-c3nnco3)n2Cc2ccccc2)cc1. The van der Waals surface area contributed by atoms with Gasteiger partial charge in [0.25, 0.3) is 5.89 Å². The lowest BCUT2D eigenvalue weighted by Gasteiger charge is -2.10. The highest BCUT2D eigenvalue weighted by molar-refractivity contribution is 7.98. The predicted octanol–water partition coefficient (Wildman–Crippen LogP) is 4.27. The molecule has 0 aliphatic carbocycles. The molecule has 0 fully saturated rings. The van der Waals surface area contributed by atoms with Crippen molar-refractivity contribution < 1.29 is 4.42 Å². The molecule has 0 radical (unpaired) electrons. The molecule has 124 valence electrons. The molecular weight excluding hydrogens is 332 g/mol. The van der Waals surface area contributed by atoms with E-state index in [-0.39, 0.29) is 0 Å². The molecule has 0 amide bonds. The molecule has 5 nitrogen and oxygen atoms in total. The Morgan fingerprint density at radius 3 is 2.32 bits per heavy atom. The van der Waals surface area contributed by atoms with E-state index >= 15 is 0 Å². The summed E-state index contributed by atoms with van der Waals surface area (Å²) in [6, 6.07) is 20.7. The first-order chi connectivity index (χ1) is 12.4. The molecule has 0 aliphatic heterocycles. The van der Waals surface area contributed by atoms with Gasteiger partial charge in [-0.25, -0.2) is 4.98 Å². The molecule has 0 bridgehead atoms. The van der Waals surface area contributed by atoms with Crippen molar-refractivity contribution in [1.82, 2.24) is 19.7 Å². The van der Waals surface area contributed by atoms with Gasteiger partial charge in [-0.05, 0) is 11.1 Å². The maximum absolute atomic E-state index is 5.38. The average molecular weight is 348 g/mol. The summed E-state index contributed by atoms with van der Waals surface area (Å²) in [4.78, 5) is 4.58. The quantitative estimate of drug-likeness (QED) is 0.487. The summed E-state index contributed by atoms with van der Waals surface area (Å²) in [5, 5.41) is 8.75. The van der Waals surface area contributed by atoms with Crippen molar-refractivity contribution in [3.63, 3.8) is 0 Å². The van der Waals surface area contributed by atoms with Crippen LogP contribution in [-0.2, 0) is 12.3 Å². The predicted molar refractivity (Wildman–Crippen MR) is 97.1 cm³/mol. The van der Waals surface area contributed by atoms with Crippen molar-refractivity contribution in [2.24, 2.45) is 0 Å². The van der Waals surface area contributed by atoms with Crippen molar-refractivity contribution in [1.29, 1.82) is 0 Å². The second-order valence-electron chi connectivity index (χ2n) is 5.52. The molecule has 2 heterocycles. The maximum Gasteiger partial charge on any atom is 0.265 e. The van der Waals surface area contributed by atoms with Crippen molar-refractivity contribution in [3.8, 4) is 11.6 Å². The molecule has 0 spiro atoms. The molecule has 0 unspecified atom stereocenters. The van der Waals surface area contributed by atoms with Crippen LogP contribution in [0.1, 0.15) is 11.1 Å². The normalized spacial score (nSPS) is 10.9. The summed E-state index contributed by atoms with van der Waals surface area (Å²) in [6.07, 6.45) is 3.13. The lowest BCUT2D eigenvalue weighted by molar-refractivity contribution is 0.558. The van der Waals surface area contributed by atoms with Gasteiger partial charge >= 0.3 is 0 Å². The molecule has 4 rings (SSSR count). The molecule has 25 heavy (non-hydrogen) atoms. The first-order valence-electron chi connectivity index (χ1n) is 7.93. The molecule has 2 aromatic heterocycles. The number of thioether (sulfide) groups is 1. The number of rotatable bonds is 6. The van der Waals surface area contributed by atoms with Crippen LogP contribution in [0.4, 0.5) is 0 Å². The lowest BCUT2D eigenvalue weighted by Crippen LogP contribution is -2.04. The van der Waals surface area contributed by atoms with Crippen LogP contribution in [0, 0.1) is 0 Å². The minimum absolute atomic E-state index is 0.481. The molecule has 0 aliphatic rings. The average Bonchev–Trinajstić information content (AvgIpc) is 3.32. The smallest absolute Gasteiger partial charge is 0.265 e. The molecule has 0 atom stereocenters. The number of hydrogen-bond donors (Lipinski definition) is 0. The fourth-order valence-electron chi connectivity index (χ4n) is 2.57. The maximum atomic E-state index is 5.38. The van der Waals surface area contributed by atoms with Crippen LogP contribution in [0.5, 0.6) is 0 Å². The minimum Gasteiger partial charge on any atom is -0.422 e. The van der Waals surface area contributed by atoms with E-state index in [1.54, 1.807) is 18.0 Å². The number of benzene rings is 2. The number of aromatic nitrogens is 4. The van der Waals surface area contributed by atoms with Crippen molar-refractivity contribution in [2.45, 2.75) is 17.5 Å². The second kappa shape index (κ2) is 7.36. The third-order valence-corrected chi connectivity index (χ3v) is 4.85. The van der Waals surface area contributed by atoms with Gasteiger partial charge in [0.1, 0.15) is 5.69 Å². The zero-order chi connectivity index (χ0) is 16.9. The van der Waals surface area contributed by atoms with E-state index in [9.17, 15) is 0 Å². The largest absolute Gasteiger partial charge is 0.422 e. The second-order valence-corrected chi connectivity index (χ2v) is 6.46. The third-order valence-electron chi connectivity index (χ3n) is 3.79. The van der Waals surface area contributed by atoms with Crippen molar-refractivity contribution in [2.75, 3.05) is 0 Å². The van der Waals surface area contributed by atoms with Crippen molar-refractivity contribution >= 4 is 11.8 Å². The fraction of sp³-hybridized carbons (Fsp3) is 0.105. The van der Waals surface area contributed by atoms with Crippen LogP contribution in [0.2, 0.25) is 0 Å². The van der Waals surface area contributed by atoms with Crippen LogP contribution < -0.4 is 0 Å². The molecular formula is C19H16N4OS. The van der Waals surface area contributed by atoms with E-state index < -0.39 is 0 Å². The number of nitrogens with zero attached hydrogens (tertiary/aromatic N) is 4. The zero-order valence-corrected chi connectivity index (χ0v) is 14.3. The Morgan fingerprint density at radius 2 is 1.64 bits per heavy atom. The third kappa shape index (κ3) is 3.64.